The van der Waals surface area contributed by atoms with Crippen LogP contribution in [0.15, 0.2) is 30.3 Å². The molecule has 28 heavy (non-hydrogen) atoms. The smallest absolute Gasteiger partial charge is 0.226 e. The number of rotatable bonds is 4. The van der Waals surface area contributed by atoms with Gasteiger partial charge in [-0.05, 0) is 68.9 Å². The van der Waals surface area contributed by atoms with Crippen molar-refractivity contribution in [2.24, 2.45) is 17.8 Å². The second kappa shape index (κ2) is 9.43. The van der Waals surface area contributed by atoms with Gasteiger partial charge in [-0.2, -0.15) is 0 Å². The molecule has 2 heterocycles. The Hall–Kier alpha value is -1.35. The molecule has 154 valence electrons. The maximum absolute atomic E-state index is 13.2. The van der Waals surface area contributed by atoms with Gasteiger partial charge in [-0.25, -0.2) is 0 Å². The highest BCUT2D eigenvalue weighted by Crippen LogP contribution is 2.31. The number of carbonyl (C=O) groups excluding carboxylic acids is 1. The third-order valence-electron chi connectivity index (χ3n) is 7.52. The largest absolute Gasteiger partial charge is 0.342 e. The van der Waals surface area contributed by atoms with Crippen LogP contribution in [0, 0.1) is 17.8 Å². The summed E-state index contributed by atoms with van der Waals surface area (Å²) in [7, 11) is 0. The van der Waals surface area contributed by atoms with Crippen molar-refractivity contribution in [2.75, 3.05) is 26.2 Å². The second-order valence-electron chi connectivity index (χ2n) is 9.72. The monoisotopic (exact) mass is 382 g/mol. The Kier molecular flexibility index (Phi) is 6.72. The van der Waals surface area contributed by atoms with Gasteiger partial charge in [0.25, 0.3) is 0 Å². The molecular formula is C25H38N2O. The predicted octanol–water partition coefficient (Wildman–Crippen LogP) is 4.76. The molecule has 0 aromatic heterocycles. The van der Waals surface area contributed by atoms with E-state index in [-0.39, 0.29) is 5.92 Å². The molecule has 1 aromatic carbocycles. The van der Waals surface area contributed by atoms with Gasteiger partial charge < -0.3 is 4.90 Å². The fourth-order valence-electron chi connectivity index (χ4n) is 5.84. The third-order valence-corrected chi connectivity index (χ3v) is 7.52. The lowest BCUT2D eigenvalue weighted by molar-refractivity contribution is -0.139. The van der Waals surface area contributed by atoms with E-state index in [9.17, 15) is 4.79 Å². The SMILES string of the molecule is C[C@@H]1CCC[C@H](N2CCC[C@@H](C(=O)N3CCC(Cc4ccccc4)CC3)C2)C1. The van der Waals surface area contributed by atoms with E-state index in [4.69, 9.17) is 0 Å². The normalized spacial score (nSPS) is 30.3. The van der Waals surface area contributed by atoms with Gasteiger partial charge in [0.05, 0.1) is 5.92 Å². The average molecular weight is 383 g/mol. The van der Waals surface area contributed by atoms with E-state index in [1.165, 1.54) is 50.6 Å². The van der Waals surface area contributed by atoms with Crippen LogP contribution in [0.4, 0.5) is 0 Å². The number of carbonyl (C=O) groups is 1. The zero-order valence-corrected chi connectivity index (χ0v) is 17.7. The van der Waals surface area contributed by atoms with Crippen LogP contribution >= 0.6 is 0 Å². The topological polar surface area (TPSA) is 23.6 Å². The van der Waals surface area contributed by atoms with Crippen LogP contribution in [0.25, 0.3) is 0 Å². The first-order valence-corrected chi connectivity index (χ1v) is 11.8. The van der Waals surface area contributed by atoms with Gasteiger partial charge in [0.15, 0.2) is 0 Å². The molecule has 0 radical (unpaired) electrons. The molecule has 3 atom stereocenters. The lowest BCUT2D eigenvalue weighted by Crippen LogP contribution is -2.50. The van der Waals surface area contributed by atoms with Crippen molar-refractivity contribution in [3.8, 4) is 0 Å². The molecule has 0 unspecified atom stereocenters. The molecule has 0 spiro atoms. The van der Waals surface area contributed by atoms with Crippen molar-refractivity contribution < 1.29 is 4.79 Å². The highest BCUT2D eigenvalue weighted by molar-refractivity contribution is 5.79. The highest BCUT2D eigenvalue weighted by atomic mass is 16.2. The summed E-state index contributed by atoms with van der Waals surface area (Å²) in [6.45, 7) is 6.55. The summed E-state index contributed by atoms with van der Waals surface area (Å²) >= 11 is 0. The number of nitrogens with zero attached hydrogens (tertiary/aromatic N) is 2. The molecule has 0 bridgehead atoms. The molecule has 3 nitrogen and oxygen atoms in total. The van der Waals surface area contributed by atoms with E-state index < -0.39 is 0 Å². The molecule has 3 heteroatoms. The molecule has 1 aromatic rings. The zero-order chi connectivity index (χ0) is 19.3. The van der Waals surface area contributed by atoms with Gasteiger partial charge in [-0.3, -0.25) is 9.69 Å². The lowest BCUT2D eigenvalue weighted by atomic mass is 9.84. The zero-order valence-electron chi connectivity index (χ0n) is 17.7. The Morgan fingerprint density at radius 2 is 1.75 bits per heavy atom. The number of likely N-dealkylation sites (tertiary alicyclic amines) is 2. The molecule has 1 saturated carbocycles. The Bertz CT molecular complexity index is 623. The summed E-state index contributed by atoms with van der Waals surface area (Å²) in [5.74, 6) is 2.29. The summed E-state index contributed by atoms with van der Waals surface area (Å²) < 4.78 is 0. The van der Waals surface area contributed by atoms with Crippen molar-refractivity contribution in [3.63, 3.8) is 0 Å². The minimum absolute atomic E-state index is 0.247. The number of piperidine rings is 2. The van der Waals surface area contributed by atoms with E-state index in [1.54, 1.807) is 0 Å². The van der Waals surface area contributed by atoms with Crippen LogP contribution < -0.4 is 0 Å². The Balaban J connectivity index is 1.26. The van der Waals surface area contributed by atoms with Gasteiger partial charge in [0.2, 0.25) is 5.91 Å². The molecule has 2 aliphatic heterocycles. The van der Waals surface area contributed by atoms with Crippen LogP contribution in [0.2, 0.25) is 0 Å². The van der Waals surface area contributed by atoms with Gasteiger partial charge in [0, 0.05) is 25.7 Å². The molecule has 1 amide bonds. The maximum atomic E-state index is 13.2. The van der Waals surface area contributed by atoms with Crippen LogP contribution in [0.3, 0.4) is 0 Å². The molecule has 4 rings (SSSR count). The van der Waals surface area contributed by atoms with Crippen LogP contribution in [0.5, 0.6) is 0 Å². The van der Waals surface area contributed by atoms with Crippen molar-refractivity contribution in [1.29, 1.82) is 0 Å². The van der Waals surface area contributed by atoms with E-state index in [2.05, 4.69) is 47.1 Å². The predicted molar refractivity (Wildman–Crippen MR) is 115 cm³/mol. The maximum Gasteiger partial charge on any atom is 0.226 e. The first kappa shape index (κ1) is 19.9. The summed E-state index contributed by atoms with van der Waals surface area (Å²) in [4.78, 5) is 18.1. The van der Waals surface area contributed by atoms with Gasteiger partial charge in [-0.15, -0.1) is 0 Å². The van der Waals surface area contributed by atoms with Gasteiger partial charge in [-0.1, -0.05) is 50.1 Å². The van der Waals surface area contributed by atoms with Gasteiger partial charge in [0.1, 0.15) is 0 Å². The number of hydrogen-bond donors (Lipinski definition) is 0. The molecule has 1 aliphatic carbocycles. The quantitative estimate of drug-likeness (QED) is 0.750. The van der Waals surface area contributed by atoms with Crippen LogP contribution in [0.1, 0.15) is 63.9 Å². The summed E-state index contributed by atoms with van der Waals surface area (Å²) in [6.07, 6.45) is 11.2. The minimum atomic E-state index is 0.247. The van der Waals surface area contributed by atoms with Crippen molar-refractivity contribution >= 4 is 5.91 Å². The molecule has 3 aliphatic rings. The molecule has 0 N–H and O–H groups in total. The summed E-state index contributed by atoms with van der Waals surface area (Å²) in [5, 5.41) is 0. The van der Waals surface area contributed by atoms with Crippen molar-refractivity contribution in [2.45, 2.75) is 70.8 Å². The Labute approximate surface area is 171 Å². The number of amides is 1. The van der Waals surface area contributed by atoms with E-state index in [0.717, 1.165) is 56.8 Å². The van der Waals surface area contributed by atoms with Crippen LogP contribution in [-0.2, 0) is 11.2 Å². The van der Waals surface area contributed by atoms with Gasteiger partial charge >= 0.3 is 0 Å². The standard InChI is InChI=1S/C25H38N2O/c1-20-7-5-11-24(17-20)27-14-6-10-23(19-27)25(28)26-15-12-22(13-16-26)18-21-8-3-2-4-9-21/h2-4,8-9,20,22-24H,5-7,10-19H2,1H3/t20-,23-,24+/m1/s1. The van der Waals surface area contributed by atoms with Crippen molar-refractivity contribution in [3.05, 3.63) is 35.9 Å². The second-order valence-corrected chi connectivity index (χ2v) is 9.72. The fourth-order valence-corrected chi connectivity index (χ4v) is 5.84. The molecule has 2 saturated heterocycles. The summed E-state index contributed by atoms with van der Waals surface area (Å²) in [6, 6.07) is 11.6. The summed E-state index contributed by atoms with van der Waals surface area (Å²) in [5.41, 5.74) is 1.44. The highest BCUT2D eigenvalue weighted by Gasteiger charge is 2.34. The third kappa shape index (κ3) is 4.97. The molecular weight excluding hydrogens is 344 g/mol. The fraction of sp³-hybridized carbons (Fsp3) is 0.720. The van der Waals surface area contributed by atoms with E-state index in [0.29, 0.717) is 5.91 Å². The first-order chi connectivity index (χ1) is 13.7. The Morgan fingerprint density at radius 1 is 0.964 bits per heavy atom. The van der Waals surface area contributed by atoms with Crippen molar-refractivity contribution in [1.82, 2.24) is 9.80 Å². The van der Waals surface area contributed by atoms with E-state index >= 15 is 0 Å². The Morgan fingerprint density at radius 3 is 2.50 bits per heavy atom. The average Bonchev–Trinajstić information content (AvgIpc) is 2.75. The van der Waals surface area contributed by atoms with Crippen LogP contribution in [-0.4, -0.2) is 47.9 Å². The van der Waals surface area contributed by atoms with E-state index in [1.807, 2.05) is 0 Å². The molecule has 3 fully saturated rings. The first-order valence-electron chi connectivity index (χ1n) is 11.8. The number of hydrogen-bond acceptors (Lipinski definition) is 2. The lowest BCUT2D eigenvalue weighted by Gasteiger charge is -2.42. The minimum Gasteiger partial charge on any atom is -0.342 e. The number of benzene rings is 1.